The Morgan fingerprint density at radius 3 is 2.89 bits per heavy atom. The van der Waals surface area contributed by atoms with Gasteiger partial charge in [-0.1, -0.05) is 19.1 Å². The van der Waals surface area contributed by atoms with E-state index in [4.69, 9.17) is 5.11 Å². The highest BCUT2D eigenvalue weighted by Crippen LogP contribution is 1.89. The van der Waals surface area contributed by atoms with Crippen LogP contribution in [0.4, 0.5) is 0 Å². The Morgan fingerprint density at radius 1 is 1.78 bits per heavy atom. The van der Waals surface area contributed by atoms with Gasteiger partial charge in [-0.2, -0.15) is 0 Å². The lowest BCUT2D eigenvalue weighted by atomic mass is 10.4. The van der Waals surface area contributed by atoms with Gasteiger partial charge in [0.05, 0.1) is 0 Å². The van der Waals surface area contributed by atoms with Crippen LogP contribution < -0.4 is 0 Å². The van der Waals surface area contributed by atoms with E-state index in [0.29, 0.717) is 0 Å². The van der Waals surface area contributed by atoms with Crippen molar-refractivity contribution in [2.24, 2.45) is 4.99 Å². The highest BCUT2D eigenvalue weighted by molar-refractivity contribution is 5.27. The third kappa shape index (κ3) is 4.81. The van der Waals surface area contributed by atoms with Crippen molar-refractivity contribution >= 4 is 6.72 Å². The van der Waals surface area contributed by atoms with Crippen LogP contribution in [0.5, 0.6) is 0 Å². The predicted octanol–water partition coefficient (Wildman–Crippen LogP) is 2.05. The number of aliphatic hydroxyl groups excluding tert-OH is 1. The van der Waals surface area contributed by atoms with Gasteiger partial charge in [0.25, 0.3) is 0 Å². The molecule has 0 radical (unpaired) electrons. The van der Waals surface area contributed by atoms with Gasteiger partial charge in [-0.05, 0) is 19.2 Å². The Hall–Kier alpha value is -1.05. The van der Waals surface area contributed by atoms with Crippen LogP contribution in [0, 0.1) is 0 Å². The summed E-state index contributed by atoms with van der Waals surface area (Å²) in [5.74, 6) is -0.0419. The first kappa shape index (κ1) is 7.95. The molecule has 0 amide bonds. The molecule has 0 aliphatic heterocycles. The summed E-state index contributed by atoms with van der Waals surface area (Å²) in [6, 6.07) is 0. The van der Waals surface area contributed by atoms with Crippen LogP contribution in [-0.2, 0) is 0 Å². The highest BCUT2D eigenvalue weighted by atomic mass is 16.3. The third-order valence-corrected chi connectivity index (χ3v) is 0.779. The topological polar surface area (TPSA) is 32.6 Å². The van der Waals surface area contributed by atoms with Crippen molar-refractivity contribution < 1.29 is 5.11 Å². The summed E-state index contributed by atoms with van der Waals surface area (Å²) in [4.78, 5) is 3.28. The number of rotatable bonds is 3. The fourth-order valence-corrected chi connectivity index (χ4v) is 0.343. The SMILES string of the molecule is C=N/C(O)=C\C=C/CC. The molecule has 0 rings (SSSR count). The Balaban J connectivity index is 3.68. The van der Waals surface area contributed by atoms with Gasteiger partial charge in [-0.15, -0.1) is 0 Å². The number of allylic oxidation sites excluding steroid dienone is 3. The van der Waals surface area contributed by atoms with Crippen molar-refractivity contribution in [3.63, 3.8) is 0 Å². The average Bonchev–Trinajstić information content (AvgIpc) is 1.89. The number of hydrogen-bond acceptors (Lipinski definition) is 2. The molecule has 2 heteroatoms. The second-order valence-corrected chi connectivity index (χ2v) is 1.52. The smallest absolute Gasteiger partial charge is 0.210 e. The minimum atomic E-state index is -0.0419. The average molecular weight is 125 g/mol. The normalized spacial score (nSPS) is 12.3. The standard InChI is InChI=1S/C7H11NO/c1-3-4-5-6-7(9)8-2/h4-6,9H,2-3H2,1H3/b5-4-,7-6+. The van der Waals surface area contributed by atoms with Crippen molar-refractivity contribution in [2.75, 3.05) is 0 Å². The van der Waals surface area contributed by atoms with Crippen LogP contribution in [0.15, 0.2) is 29.1 Å². The van der Waals surface area contributed by atoms with Crippen LogP contribution in [0.2, 0.25) is 0 Å². The quantitative estimate of drug-likeness (QED) is 0.349. The minimum Gasteiger partial charge on any atom is -0.493 e. The van der Waals surface area contributed by atoms with E-state index in [1.54, 1.807) is 6.08 Å². The molecular weight excluding hydrogens is 114 g/mol. The van der Waals surface area contributed by atoms with E-state index in [0.717, 1.165) is 6.42 Å². The number of hydrogen-bond donors (Lipinski definition) is 1. The molecule has 0 bridgehead atoms. The van der Waals surface area contributed by atoms with Crippen molar-refractivity contribution in [1.29, 1.82) is 0 Å². The van der Waals surface area contributed by atoms with Gasteiger partial charge in [-0.25, -0.2) is 4.99 Å². The Bertz CT molecular complexity index is 136. The first-order valence-corrected chi connectivity index (χ1v) is 2.83. The molecule has 1 N–H and O–H groups in total. The fraction of sp³-hybridized carbons (Fsp3) is 0.286. The summed E-state index contributed by atoms with van der Waals surface area (Å²) in [6.07, 6.45) is 6.11. The second-order valence-electron chi connectivity index (χ2n) is 1.52. The minimum absolute atomic E-state index is 0.0419. The van der Waals surface area contributed by atoms with E-state index in [1.807, 2.05) is 13.0 Å². The number of nitrogens with zero attached hydrogens (tertiary/aromatic N) is 1. The molecule has 0 aromatic heterocycles. The molecule has 2 nitrogen and oxygen atoms in total. The van der Waals surface area contributed by atoms with E-state index in [-0.39, 0.29) is 5.88 Å². The van der Waals surface area contributed by atoms with Gasteiger partial charge < -0.3 is 5.11 Å². The molecule has 0 aliphatic carbocycles. The zero-order valence-electron chi connectivity index (χ0n) is 5.54. The molecule has 0 saturated heterocycles. The first-order valence-electron chi connectivity index (χ1n) is 2.83. The maximum atomic E-state index is 8.67. The van der Waals surface area contributed by atoms with E-state index in [9.17, 15) is 0 Å². The lowest BCUT2D eigenvalue weighted by Crippen LogP contribution is -1.68. The summed E-state index contributed by atoms with van der Waals surface area (Å²) in [6.45, 7) is 5.15. The van der Waals surface area contributed by atoms with Crippen LogP contribution in [-0.4, -0.2) is 11.8 Å². The maximum absolute atomic E-state index is 8.67. The zero-order valence-corrected chi connectivity index (χ0v) is 5.54. The molecule has 9 heavy (non-hydrogen) atoms. The van der Waals surface area contributed by atoms with Crippen molar-refractivity contribution in [3.05, 3.63) is 24.1 Å². The van der Waals surface area contributed by atoms with Gasteiger partial charge >= 0.3 is 0 Å². The Morgan fingerprint density at radius 2 is 2.44 bits per heavy atom. The van der Waals surface area contributed by atoms with Crippen molar-refractivity contribution in [1.82, 2.24) is 0 Å². The van der Waals surface area contributed by atoms with Crippen LogP contribution in [0.1, 0.15) is 13.3 Å². The molecule has 0 heterocycles. The summed E-state index contributed by atoms with van der Waals surface area (Å²) in [5.41, 5.74) is 0. The van der Waals surface area contributed by atoms with Gasteiger partial charge in [0.1, 0.15) is 0 Å². The van der Waals surface area contributed by atoms with Gasteiger partial charge in [-0.3, -0.25) is 0 Å². The zero-order chi connectivity index (χ0) is 7.11. The van der Waals surface area contributed by atoms with E-state index in [2.05, 4.69) is 11.7 Å². The fourth-order valence-electron chi connectivity index (χ4n) is 0.343. The van der Waals surface area contributed by atoms with Crippen LogP contribution in [0.3, 0.4) is 0 Å². The molecule has 0 atom stereocenters. The second kappa shape index (κ2) is 5.09. The number of aliphatic hydroxyl groups is 1. The van der Waals surface area contributed by atoms with Crippen molar-refractivity contribution in [2.45, 2.75) is 13.3 Å². The first-order chi connectivity index (χ1) is 4.31. The molecule has 0 spiro atoms. The number of aliphatic imine (C=N–C) groups is 1. The lowest BCUT2D eigenvalue weighted by molar-refractivity contribution is 0.408. The van der Waals surface area contributed by atoms with Gasteiger partial charge in [0, 0.05) is 0 Å². The van der Waals surface area contributed by atoms with Crippen LogP contribution >= 0.6 is 0 Å². The maximum Gasteiger partial charge on any atom is 0.210 e. The third-order valence-electron chi connectivity index (χ3n) is 0.779. The summed E-state index contributed by atoms with van der Waals surface area (Å²) >= 11 is 0. The van der Waals surface area contributed by atoms with E-state index >= 15 is 0 Å². The molecular formula is C7H11NO. The van der Waals surface area contributed by atoms with E-state index < -0.39 is 0 Å². The highest BCUT2D eigenvalue weighted by Gasteiger charge is 1.75. The van der Waals surface area contributed by atoms with Gasteiger partial charge in [0.15, 0.2) is 0 Å². The monoisotopic (exact) mass is 125 g/mol. The molecule has 0 aliphatic rings. The van der Waals surface area contributed by atoms with E-state index in [1.165, 1.54) is 6.08 Å². The predicted molar refractivity (Wildman–Crippen MR) is 39.7 cm³/mol. The summed E-state index contributed by atoms with van der Waals surface area (Å²) in [7, 11) is 0. The van der Waals surface area contributed by atoms with Gasteiger partial charge in [0.2, 0.25) is 5.88 Å². The molecule has 50 valence electrons. The molecule has 0 unspecified atom stereocenters. The Kier molecular flexibility index (Phi) is 4.50. The van der Waals surface area contributed by atoms with Crippen molar-refractivity contribution in [3.8, 4) is 0 Å². The molecule has 0 aromatic carbocycles. The molecule has 0 fully saturated rings. The Labute approximate surface area is 55.2 Å². The lowest BCUT2D eigenvalue weighted by Gasteiger charge is -1.82. The summed E-state index contributed by atoms with van der Waals surface area (Å²) < 4.78 is 0. The summed E-state index contributed by atoms with van der Waals surface area (Å²) in [5, 5.41) is 8.67. The largest absolute Gasteiger partial charge is 0.493 e. The van der Waals surface area contributed by atoms with Crippen LogP contribution in [0.25, 0.3) is 0 Å². The molecule has 0 saturated carbocycles. The molecule has 0 aromatic rings.